The number of hydrogen-bond acceptors (Lipinski definition) is 35. The van der Waals surface area contributed by atoms with E-state index < -0.39 is 0 Å². The second-order valence-electron chi connectivity index (χ2n) is 27.5. The number of rotatable bonds is 30. The van der Waals surface area contributed by atoms with Crippen LogP contribution in [-0.2, 0) is 43.1 Å². The molecule has 2 saturated heterocycles. The minimum Gasteiger partial charge on any atom is -0.385 e. The van der Waals surface area contributed by atoms with Gasteiger partial charge in [-0.15, -0.1) is 45.3 Å². The molecule has 0 saturated carbocycles. The quantitative estimate of drug-likeness (QED) is 0.0207. The third-order valence-electron chi connectivity index (χ3n) is 19.3. The normalized spacial score (nSPS) is 12.5. The van der Waals surface area contributed by atoms with Crippen LogP contribution in [0.25, 0.3) is 86.9 Å². The molecule has 0 bridgehead atoms. The molecule has 17 rings (SSSR count). The number of amides is 4. The number of anilines is 4. The van der Waals surface area contributed by atoms with Crippen molar-refractivity contribution in [2.45, 2.75) is 39.2 Å². The summed E-state index contributed by atoms with van der Waals surface area (Å²) in [5, 5.41) is 32.1. The lowest BCUT2D eigenvalue weighted by atomic mass is 10.2. The lowest BCUT2D eigenvalue weighted by Crippen LogP contribution is -2.37. The first kappa shape index (κ1) is 87.1. The number of nitrogen functional groups attached to an aromatic ring is 1. The average Bonchev–Trinajstić information content (AvgIpc) is 1.61. The van der Waals surface area contributed by atoms with Gasteiger partial charge in [0.15, 0.2) is 23.3 Å². The van der Waals surface area contributed by atoms with Crippen LogP contribution in [0, 0.1) is 6.92 Å². The number of hydrogen-bond donors (Lipinski definition) is 7. The van der Waals surface area contributed by atoms with E-state index in [2.05, 4.69) is 101 Å². The van der Waals surface area contributed by atoms with Gasteiger partial charge < -0.3 is 70.4 Å². The van der Waals surface area contributed by atoms with E-state index >= 15 is 0 Å². The van der Waals surface area contributed by atoms with Crippen molar-refractivity contribution in [1.82, 2.24) is 116 Å². The van der Waals surface area contributed by atoms with Gasteiger partial charge in [0.1, 0.15) is 77.5 Å². The van der Waals surface area contributed by atoms with Crippen molar-refractivity contribution in [3.8, 4) is 46.1 Å². The summed E-state index contributed by atoms with van der Waals surface area (Å²) in [7, 11) is 5.00. The van der Waals surface area contributed by atoms with Crippen LogP contribution in [0.3, 0.4) is 0 Å². The molecule has 37 nitrogen and oxygen atoms in total. The largest absolute Gasteiger partial charge is 0.385 e. The predicted molar refractivity (Wildman–Crippen MR) is 474 cm³/mol. The number of aromatic amines is 2. The molecule has 0 atom stereocenters. The third kappa shape index (κ3) is 22.1. The number of morpholine rings is 2. The zero-order valence-corrected chi connectivity index (χ0v) is 71.3. The second kappa shape index (κ2) is 43.5. The van der Waals surface area contributed by atoms with E-state index in [1.807, 2.05) is 82.9 Å². The summed E-state index contributed by atoms with van der Waals surface area (Å²) in [4.78, 5) is 142. The van der Waals surface area contributed by atoms with Gasteiger partial charge in [-0.05, 0) is 74.4 Å². The number of aromatic nitrogens is 19. The summed E-state index contributed by atoms with van der Waals surface area (Å²) in [6.45, 7) is 11.5. The minimum atomic E-state index is -0.352. The van der Waals surface area contributed by atoms with Crippen LogP contribution in [0.2, 0.25) is 0 Å². The number of thiophene rings is 4. The van der Waals surface area contributed by atoms with Crippen LogP contribution in [-0.4, -0.2) is 245 Å². The summed E-state index contributed by atoms with van der Waals surface area (Å²) in [5.41, 5.74) is 12.9. The fraction of sp³-hybridized carbons (Fsp3) is 0.301. The molecule has 15 aromatic heterocycles. The predicted octanol–water partition coefficient (Wildman–Crippen LogP) is 8.70. The van der Waals surface area contributed by atoms with Crippen molar-refractivity contribution < 1.29 is 42.9 Å². The van der Waals surface area contributed by atoms with Crippen molar-refractivity contribution in [2.75, 3.05) is 147 Å². The maximum absolute atomic E-state index is 13.1. The van der Waals surface area contributed by atoms with Crippen LogP contribution in [0.1, 0.15) is 77.0 Å². The maximum atomic E-state index is 13.1. The Morgan fingerprint density at radius 2 is 0.944 bits per heavy atom. The molecule has 2 fully saturated rings. The van der Waals surface area contributed by atoms with Gasteiger partial charge in [0, 0.05) is 170 Å². The van der Waals surface area contributed by atoms with Gasteiger partial charge in [-0.3, -0.25) is 43.9 Å². The average molecular weight is 1750 g/mol. The van der Waals surface area contributed by atoms with Crippen molar-refractivity contribution in [3.05, 3.63) is 205 Å². The lowest BCUT2D eigenvalue weighted by molar-refractivity contribution is 0.0944. The molecule has 0 aromatic carbocycles. The number of pyridine rings is 4. The lowest BCUT2D eigenvalue weighted by Gasteiger charge is -2.28. The number of nitrogens with zero attached hydrogens (tertiary/aromatic N) is 20. The maximum Gasteiger partial charge on any atom is 0.253 e. The highest BCUT2D eigenvalue weighted by Gasteiger charge is 2.29. The van der Waals surface area contributed by atoms with Gasteiger partial charge in [-0.25, -0.2) is 54.8 Å². The summed E-state index contributed by atoms with van der Waals surface area (Å²) in [5.74, 6) is 4.00. The number of unbranched alkanes of at least 4 members (excludes halogenated alkanes) is 1. The summed E-state index contributed by atoms with van der Waals surface area (Å²) >= 11 is 5.60. The van der Waals surface area contributed by atoms with Gasteiger partial charge in [0.2, 0.25) is 0 Å². The first-order valence-electron chi connectivity index (χ1n) is 39.5. The molecule has 4 amide bonds. The number of nitrogens with two attached hydrogens (primary N) is 1. The van der Waals surface area contributed by atoms with E-state index in [0.29, 0.717) is 214 Å². The molecule has 638 valence electrons. The first-order chi connectivity index (χ1) is 60.8. The minimum absolute atomic E-state index is 0.0818. The van der Waals surface area contributed by atoms with Gasteiger partial charge in [0.25, 0.3) is 29.2 Å². The number of nitrogens with one attached hydrogen (secondary N) is 6. The molecule has 2 aliphatic heterocycles. The standard InChI is InChI=1S/C23H31N5O4S.C22H21N7O2S.C20H20N8O2S.C18H15N7O2S/c1-30-13-7-6-10-25-22(29)17-16-33-23-19(17)21(28(11-14-31-2)12-15-32-3)26-20(27-23)18-8-4-5-9-24-18;30-21(25-8-5-15-4-7-23-14-26-15)16-13-32-22-18(16)20(29-9-11-31-12-10-29)27-19(28-22)17-3-1-2-6-24-17;29-19(22-6-4-13-11-23-27-26-13)14-12-31-20-16(14)18(28-7-9-30-10-8-28)24-17(25-20)15-3-1-2-5-21-15;1-9-6-21-12(23-16(9)26)7-22-17(27)10-8-28-18-13(10)14(19)24-15(25-18)11-4-2-3-5-20-11/h4-5,8-9,16H,6-7,10-15H2,1-3H3,(H,25,29);1-4,6-7,13-14H,5,8-12H2,(H,25,30);1-3,5,11-12H,4,6-10H2,(H,22,29)(H,23,26,27);2-6,8H,7H2,1H3,(H,22,27)(H2,19,24,25)(H,21,23,26). The van der Waals surface area contributed by atoms with Gasteiger partial charge in [-0.1, -0.05) is 24.3 Å². The molecular formula is C83H87N27O10S4. The molecule has 17 heterocycles. The van der Waals surface area contributed by atoms with Crippen molar-refractivity contribution >= 4 is 133 Å². The Morgan fingerprint density at radius 1 is 0.492 bits per heavy atom. The van der Waals surface area contributed by atoms with Crippen LogP contribution in [0.4, 0.5) is 23.3 Å². The Bertz CT molecular complexity index is 6100. The van der Waals surface area contributed by atoms with E-state index in [0.717, 1.165) is 66.5 Å². The highest BCUT2D eigenvalue weighted by atomic mass is 32.1. The Hall–Kier alpha value is -13.3. The van der Waals surface area contributed by atoms with Crippen LogP contribution >= 0.6 is 45.3 Å². The topological polar surface area (TPSA) is 466 Å². The van der Waals surface area contributed by atoms with Gasteiger partial charge >= 0.3 is 0 Å². The first-order valence-corrected chi connectivity index (χ1v) is 43.0. The summed E-state index contributed by atoms with van der Waals surface area (Å²) < 4.78 is 26.7. The molecule has 2 aliphatic rings. The van der Waals surface area contributed by atoms with Gasteiger partial charge in [0.05, 0.1) is 102 Å². The zero-order valence-electron chi connectivity index (χ0n) is 68.0. The number of H-pyrrole nitrogens is 2. The number of ether oxygens (including phenoxy) is 5. The fourth-order valence-electron chi connectivity index (χ4n) is 12.9. The molecule has 15 aromatic rings. The Morgan fingerprint density at radius 3 is 1.40 bits per heavy atom. The molecule has 0 spiro atoms. The van der Waals surface area contributed by atoms with Crippen molar-refractivity contribution in [1.29, 1.82) is 0 Å². The number of carbonyl (C=O) groups excluding carboxylic acids is 4. The Balaban J connectivity index is 0.000000135. The van der Waals surface area contributed by atoms with Crippen molar-refractivity contribution in [2.24, 2.45) is 0 Å². The molecule has 8 N–H and O–H groups in total. The van der Waals surface area contributed by atoms with Crippen molar-refractivity contribution in [3.63, 3.8) is 0 Å². The van der Waals surface area contributed by atoms with E-state index in [1.54, 1.807) is 82.9 Å². The van der Waals surface area contributed by atoms with E-state index in [4.69, 9.17) is 59.3 Å². The zero-order chi connectivity index (χ0) is 85.9. The second-order valence-corrected chi connectivity index (χ2v) is 31.0. The highest BCUT2D eigenvalue weighted by Crippen LogP contribution is 2.39. The number of fused-ring (bicyclic) bond motifs is 4. The SMILES string of the molecule is COCCCCNC(=O)c1csc2nc(-c3ccccn3)nc(N(CCOC)CCOC)c12.Cc1cnc(CNC(=O)c2csc3nc(-c4ccccn4)nc(N)c23)[nH]c1=O.O=C(NCCc1ccncn1)c1csc2nc(-c3ccccn3)nc(N3CCOCC3)c12.O=C(NCCc1cn[nH]n1)c1csc2nc(-c3ccccn3)nc(N3CCOCC3)c12. The van der Waals surface area contributed by atoms with Gasteiger partial charge in [-0.2, -0.15) is 15.4 Å². The van der Waals surface area contributed by atoms with E-state index in [-0.39, 0.29) is 41.6 Å². The van der Waals surface area contributed by atoms with Crippen LogP contribution in [0.5, 0.6) is 0 Å². The Labute approximate surface area is 725 Å². The number of aryl methyl sites for hydroxylation is 1. The number of carbonyl (C=O) groups is 4. The molecule has 124 heavy (non-hydrogen) atoms. The Kier molecular flexibility index (Phi) is 30.5. The molecule has 0 aliphatic carbocycles. The molecule has 41 heteroatoms. The van der Waals surface area contributed by atoms with Crippen LogP contribution in [0.15, 0.2) is 155 Å². The highest BCUT2D eigenvalue weighted by molar-refractivity contribution is 7.18. The smallest absolute Gasteiger partial charge is 0.253 e. The fourth-order valence-corrected chi connectivity index (χ4v) is 16.6. The van der Waals surface area contributed by atoms with E-state index in [9.17, 15) is 24.0 Å². The van der Waals surface area contributed by atoms with Crippen LogP contribution < -0.4 is 47.3 Å². The monoisotopic (exact) mass is 1750 g/mol. The summed E-state index contributed by atoms with van der Waals surface area (Å²) in [6, 6.07) is 24.2. The third-order valence-corrected chi connectivity index (χ3v) is 22.7. The summed E-state index contributed by atoms with van der Waals surface area (Å²) in [6.07, 6.45) is 16.1. The number of methoxy groups -OCH3 is 3. The molecule has 0 radical (unpaired) electrons. The molecule has 0 unspecified atom stereocenters. The molecular weight excluding hydrogens is 1660 g/mol. The van der Waals surface area contributed by atoms with E-state index in [1.165, 1.54) is 57.9 Å².